The zero-order chi connectivity index (χ0) is 19.8. The largest absolute Gasteiger partial charge is 0.426 e. The van der Waals surface area contributed by atoms with Crippen LogP contribution in [0.2, 0.25) is 0 Å². The van der Waals surface area contributed by atoms with E-state index in [-0.39, 0.29) is 11.7 Å². The molecular weight excluding hydrogens is 376 g/mol. The maximum absolute atomic E-state index is 12.3. The fourth-order valence-corrected chi connectivity index (χ4v) is 3.29. The molecule has 0 saturated heterocycles. The van der Waals surface area contributed by atoms with Crippen molar-refractivity contribution in [2.24, 2.45) is 0 Å². The summed E-state index contributed by atoms with van der Waals surface area (Å²) >= 11 is 1.49. The fraction of sp³-hybridized carbons (Fsp3) is 0.200. The highest BCUT2D eigenvalue weighted by Crippen LogP contribution is 2.21. The van der Waals surface area contributed by atoms with Crippen molar-refractivity contribution >= 4 is 34.0 Å². The van der Waals surface area contributed by atoms with Crippen molar-refractivity contribution < 1.29 is 14.3 Å². The van der Waals surface area contributed by atoms with Crippen molar-refractivity contribution in [3.63, 3.8) is 0 Å². The van der Waals surface area contributed by atoms with Crippen LogP contribution in [-0.4, -0.2) is 28.6 Å². The number of benzene rings is 2. The van der Waals surface area contributed by atoms with Crippen molar-refractivity contribution in [3.8, 4) is 5.75 Å². The number of para-hydroxylation sites is 2. The van der Waals surface area contributed by atoms with Crippen LogP contribution in [0.25, 0.3) is 0 Å². The summed E-state index contributed by atoms with van der Waals surface area (Å²) < 4.78 is 5.07. The van der Waals surface area contributed by atoms with Gasteiger partial charge in [-0.25, -0.2) is 0 Å². The predicted octanol–water partition coefficient (Wildman–Crippen LogP) is 3.57. The Bertz CT molecular complexity index is 943. The lowest BCUT2D eigenvalue weighted by Gasteiger charge is -2.09. The predicted molar refractivity (Wildman–Crippen MR) is 108 cm³/mol. The number of hydrogen-bond acceptors (Lipinski definition) is 7. The van der Waals surface area contributed by atoms with Gasteiger partial charge >= 0.3 is 5.97 Å². The Labute approximate surface area is 166 Å². The van der Waals surface area contributed by atoms with E-state index in [2.05, 4.69) is 20.8 Å². The molecule has 0 fully saturated rings. The van der Waals surface area contributed by atoms with Gasteiger partial charge < -0.3 is 15.4 Å². The van der Waals surface area contributed by atoms with Crippen LogP contribution >= 0.6 is 11.3 Å². The van der Waals surface area contributed by atoms with Crippen molar-refractivity contribution in [3.05, 3.63) is 65.2 Å². The van der Waals surface area contributed by atoms with Gasteiger partial charge in [0.05, 0.1) is 5.56 Å². The third kappa shape index (κ3) is 5.62. The smallest absolute Gasteiger partial charge is 0.308 e. The monoisotopic (exact) mass is 396 g/mol. The van der Waals surface area contributed by atoms with E-state index in [1.165, 1.54) is 18.3 Å². The molecular formula is C20H20N4O3S. The van der Waals surface area contributed by atoms with Crippen LogP contribution in [0.3, 0.4) is 0 Å². The third-order valence-electron chi connectivity index (χ3n) is 3.73. The molecule has 144 valence electrons. The van der Waals surface area contributed by atoms with Crippen LogP contribution in [-0.2, 0) is 11.2 Å². The second-order valence-corrected chi connectivity index (χ2v) is 7.00. The van der Waals surface area contributed by atoms with E-state index >= 15 is 0 Å². The Hall–Kier alpha value is -3.26. The summed E-state index contributed by atoms with van der Waals surface area (Å²) in [5.41, 5.74) is 1.30. The lowest BCUT2D eigenvalue weighted by atomic mass is 10.2. The van der Waals surface area contributed by atoms with E-state index in [1.54, 1.807) is 24.3 Å². The summed E-state index contributed by atoms with van der Waals surface area (Å²) in [6.07, 6.45) is 1.43. The Morgan fingerprint density at radius 2 is 1.79 bits per heavy atom. The zero-order valence-electron chi connectivity index (χ0n) is 15.3. The molecule has 1 amide bonds. The zero-order valence-corrected chi connectivity index (χ0v) is 16.2. The first-order valence-electron chi connectivity index (χ1n) is 8.82. The molecule has 3 aromatic rings. The minimum Gasteiger partial charge on any atom is -0.426 e. The number of hydrogen-bond donors (Lipinski definition) is 2. The van der Waals surface area contributed by atoms with Crippen LogP contribution in [0.1, 0.15) is 28.7 Å². The molecule has 0 radical (unpaired) electrons. The van der Waals surface area contributed by atoms with Crippen molar-refractivity contribution in [1.82, 2.24) is 15.5 Å². The van der Waals surface area contributed by atoms with Crippen molar-refractivity contribution in [1.29, 1.82) is 0 Å². The van der Waals surface area contributed by atoms with Gasteiger partial charge in [-0.05, 0) is 30.7 Å². The van der Waals surface area contributed by atoms with Crippen molar-refractivity contribution in [2.75, 3.05) is 11.9 Å². The molecule has 2 N–H and O–H groups in total. The highest BCUT2D eigenvalue weighted by molar-refractivity contribution is 7.15. The number of nitrogens with one attached hydrogen (secondary N) is 2. The number of esters is 1. The van der Waals surface area contributed by atoms with Gasteiger partial charge in [0.15, 0.2) is 0 Å². The molecule has 0 saturated carbocycles. The second kappa shape index (κ2) is 9.61. The lowest BCUT2D eigenvalue weighted by molar-refractivity contribution is -0.131. The van der Waals surface area contributed by atoms with Gasteiger partial charge in [0.1, 0.15) is 10.8 Å². The minimum absolute atomic E-state index is 0.258. The van der Waals surface area contributed by atoms with Crippen LogP contribution in [0.4, 0.5) is 10.8 Å². The van der Waals surface area contributed by atoms with Gasteiger partial charge in [-0.15, -0.1) is 10.2 Å². The van der Waals surface area contributed by atoms with Gasteiger partial charge in [-0.3, -0.25) is 9.59 Å². The lowest BCUT2D eigenvalue weighted by Crippen LogP contribution is -2.25. The Morgan fingerprint density at radius 3 is 2.57 bits per heavy atom. The van der Waals surface area contributed by atoms with Gasteiger partial charge in [0.25, 0.3) is 5.91 Å². The summed E-state index contributed by atoms with van der Waals surface area (Å²) in [7, 11) is 0. The molecule has 0 aliphatic rings. The summed E-state index contributed by atoms with van der Waals surface area (Å²) in [4.78, 5) is 23.5. The van der Waals surface area contributed by atoms with E-state index < -0.39 is 5.97 Å². The van der Waals surface area contributed by atoms with Gasteiger partial charge in [-0.2, -0.15) is 0 Å². The quantitative estimate of drug-likeness (QED) is 0.343. The van der Waals surface area contributed by atoms with E-state index in [1.807, 2.05) is 30.3 Å². The first kappa shape index (κ1) is 19.5. The average molecular weight is 396 g/mol. The highest BCUT2D eigenvalue weighted by Gasteiger charge is 2.13. The number of rotatable bonds is 8. The molecule has 0 aliphatic carbocycles. The second-order valence-electron chi connectivity index (χ2n) is 5.94. The number of amides is 1. The Morgan fingerprint density at radius 1 is 1.04 bits per heavy atom. The number of anilines is 2. The molecule has 7 nitrogen and oxygen atoms in total. The molecule has 0 spiro atoms. The van der Waals surface area contributed by atoms with E-state index in [9.17, 15) is 9.59 Å². The molecule has 0 aliphatic heterocycles. The van der Waals surface area contributed by atoms with Crippen LogP contribution in [0.15, 0.2) is 54.6 Å². The third-order valence-corrected chi connectivity index (χ3v) is 4.63. The molecule has 0 bridgehead atoms. The standard InChI is InChI=1S/C20H20N4O3S/c1-14(25)27-17-11-6-5-10-16(17)19(26)21-13-7-12-18-23-24-20(28-18)22-15-8-3-2-4-9-15/h2-6,8-11H,7,12-13H2,1H3,(H,21,26)(H,22,24). The SMILES string of the molecule is CC(=O)Oc1ccccc1C(=O)NCCCc1nnc(Nc2ccccc2)s1. The van der Waals surface area contributed by atoms with E-state index in [4.69, 9.17) is 4.74 Å². The van der Waals surface area contributed by atoms with Gasteiger partial charge in [-0.1, -0.05) is 41.7 Å². The number of ether oxygens (including phenoxy) is 1. The molecule has 2 aromatic carbocycles. The van der Waals surface area contributed by atoms with Gasteiger partial charge in [0, 0.05) is 25.6 Å². The Balaban J connectivity index is 1.46. The molecule has 1 aromatic heterocycles. The Kier molecular flexibility index (Phi) is 6.69. The normalized spacial score (nSPS) is 10.3. The molecule has 28 heavy (non-hydrogen) atoms. The van der Waals surface area contributed by atoms with Crippen LogP contribution in [0, 0.1) is 0 Å². The van der Waals surface area contributed by atoms with E-state index in [0.717, 1.165) is 22.2 Å². The summed E-state index contributed by atoms with van der Waals surface area (Å²) in [6, 6.07) is 16.4. The number of carbonyl (C=O) groups is 2. The minimum atomic E-state index is -0.462. The highest BCUT2D eigenvalue weighted by atomic mass is 32.1. The maximum atomic E-state index is 12.3. The molecule has 0 atom stereocenters. The van der Waals surface area contributed by atoms with E-state index in [0.29, 0.717) is 18.5 Å². The summed E-state index contributed by atoms with van der Waals surface area (Å²) in [5.74, 6) is -0.481. The number of nitrogens with zero attached hydrogens (tertiary/aromatic N) is 2. The fourth-order valence-electron chi connectivity index (χ4n) is 2.48. The first-order valence-corrected chi connectivity index (χ1v) is 9.63. The molecule has 1 heterocycles. The number of aryl methyl sites for hydroxylation is 1. The maximum Gasteiger partial charge on any atom is 0.308 e. The first-order chi connectivity index (χ1) is 13.6. The average Bonchev–Trinajstić information content (AvgIpc) is 3.13. The topological polar surface area (TPSA) is 93.2 Å². The number of carbonyl (C=O) groups excluding carboxylic acids is 2. The molecule has 8 heteroatoms. The van der Waals surface area contributed by atoms with Crippen LogP contribution < -0.4 is 15.4 Å². The van der Waals surface area contributed by atoms with Crippen LogP contribution in [0.5, 0.6) is 5.75 Å². The summed E-state index contributed by atoms with van der Waals surface area (Å²) in [6.45, 7) is 1.78. The molecule has 3 rings (SSSR count). The number of aromatic nitrogens is 2. The van der Waals surface area contributed by atoms with Gasteiger partial charge in [0.2, 0.25) is 5.13 Å². The molecule has 0 unspecified atom stereocenters. The summed E-state index contributed by atoms with van der Waals surface area (Å²) in [5, 5.41) is 16.0. The van der Waals surface area contributed by atoms with Crippen molar-refractivity contribution in [2.45, 2.75) is 19.8 Å².